The van der Waals surface area contributed by atoms with Crippen molar-refractivity contribution in [1.82, 2.24) is 19.9 Å². The summed E-state index contributed by atoms with van der Waals surface area (Å²) in [5.41, 5.74) is 2.11. The maximum atomic E-state index is 11.9. The molecule has 1 amide bonds. The van der Waals surface area contributed by atoms with Gasteiger partial charge in [0.25, 0.3) is 0 Å². The van der Waals surface area contributed by atoms with Gasteiger partial charge in [-0.25, -0.2) is 15.0 Å². The van der Waals surface area contributed by atoms with Gasteiger partial charge in [-0.15, -0.1) is 0 Å². The van der Waals surface area contributed by atoms with E-state index in [1.165, 1.54) is 0 Å². The number of likely N-dealkylation sites (tertiary alicyclic amines) is 1. The highest BCUT2D eigenvalue weighted by Gasteiger charge is 2.24. The Morgan fingerprint density at radius 2 is 2.08 bits per heavy atom. The molecule has 7 heteroatoms. The molecule has 1 N–H and O–H groups in total. The first-order valence-corrected chi connectivity index (χ1v) is 8.45. The number of methoxy groups -OCH3 is 1. The lowest BCUT2D eigenvalue weighted by atomic mass is 9.93. The van der Waals surface area contributed by atoms with Gasteiger partial charge in [0.05, 0.1) is 0 Å². The molecule has 0 aliphatic carbocycles. The predicted molar refractivity (Wildman–Crippen MR) is 94.7 cm³/mol. The third-order valence-electron chi connectivity index (χ3n) is 4.36. The summed E-state index contributed by atoms with van der Waals surface area (Å²) in [4.78, 5) is 27.0. The average molecular weight is 341 g/mol. The topological polar surface area (TPSA) is 80.2 Å². The monoisotopic (exact) mass is 341 g/mol. The zero-order chi connectivity index (χ0) is 17.6. The van der Waals surface area contributed by atoms with Gasteiger partial charge in [-0.2, -0.15) is 0 Å². The van der Waals surface area contributed by atoms with Crippen molar-refractivity contribution < 1.29 is 9.53 Å². The molecule has 3 heterocycles. The van der Waals surface area contributed by atoms with Crippen molar-refractivity contribution in [2.24, 2.45) is 0 Å². The molecule has 0 aromatic carbocycles. The van der Waals surface area contributed by atoms with Gasteiger partial charge in [-0.3, -0.25) is 4.79 Å². The van der Waals surface area contributed by atoms with Crippen molar-refractivity contribution >= 4 is 17.7 Å². The molecule has 132 valence electrons. The summed E-state index contributed by atoms with van der Waals surface area (Å²) in [6.45, 7) is 3.62. The number of carbonyl (C=O) groups excluding carboxylic acids is 1. The van der Waals surface area contributed by atoms with Crippen LogP contribution in [0.15, 0.2) is 30.6 Å². The van der Waals surface area contributed by atoms with Gasteiger partial charge in [0.1, 0.15) is 12.4 Å². The maximum Gasteiger partial charge on any atom is 0.248 e. The molecule has 0 bridgehead atoms. The van der Waals surface area contributed by atoms with E-state index in [-0.39, 0.29) is 12.5 Å². The number of amides is 1. The Labute approximate surface area is 147 Å². The first-order chi connectivity index (χ1) is 12.2. The number of anilines is 2. The molecule has 1 aliphatic heterocycles. The molecule has 3 rings (SSSR count). The van der Waals surface area contributed by atoms with E-state index in [9.17, 15) is 4.79 Å². The molecule has 25 heavy (non-hydrogen) atoms. The number of hydrogen-bond acceptors (Lipinski definition) is 6. The van der Waals surface area contributed by atoms with E-state index in [1.807, 2.05) is 30.0 Å². The number of piperidine rings is 1. The van der Waals surface area contributed by atoms with Crippen molar-refractivity contribution in [3.05, 3.63) is 41.9 Å². The van der Waals surface area contributed by atoms with Gasteiger partial charge in [-0.05, 0) is 37.5 Å². The van der Waals surface area contributed by atoms with Crippen LogP contribution in [0.25, 0.3) is 0 Å². The number of nitrogens with zero attached hydrogens (tertiary/aromatic N) is 4. The molecular weight excluding hydrogens is 318 g/mol. The van der Waals surface area contributed by atoms with Crippen LogP contribution in [0, 0.1) is 6.92 Å². The molecule has 2 aromatic rings. The van der Waals surface area contributed by atoms with E-state index in [0.29, 0.717) is 11.9 Å². The highest BCUT2D eigenvalue weighted by molar-refractivity contribution is 5.77. The molecule has 1 aliphatic rings. The molecule has 0 unspecified atom stereocenters. The molecule has 1 fully saturated rings. The summed E-state index contributed by atoms with van der Waals surface area (Å²) < 4.78 is 4.92. The second kappa shape index (κ2) is 8.02. The highest BCUT2D eigenvalue weighted by Crippen LogP contribution is 2.27. The van der Waals surface area contributed by atoms with Gasteiger partial charge in [0.2, 0.25) is 11.9 Å². The van der Waals surface area contributed by atoms with E-state index in [4.69, 9.17) is 4.74 Å². The van der Waals surface area contributed by atoms with E-state index < -0.39 is 0 Å². The standard InChI is InChI=1S/C18H23N5O2/c1-13-3-4-16(20-11-13)22-18-19-8-5-15(21-18)14-6-9-23(10-7-14)17(24)12-25-2/h3-5,8,11,14H,6-7,9-10,12H2,1-2H3,(H,19,20,21,22). The highest BCUT2D eigenvalue weighted by atomic mass is 16.5. The number of aryl methyl sites for hydroxylation is 1. The fourth-order valence-electron chi connectivity index (χ4n) is 2.96. The van der Waals surface area contributed by atoms with Crippen molar-refractivity contribution in [2.45, 2.75) is 25.7 Å². The van der Waals surface area contributed by atoms with E-state index >= 15 is 0 Å². The number of pyridine rings is 1. The Kier molecular flexibility index (Phi) is 5.55. The van der Waals surface area contributed by atoms with Crippen molar-refractivity contribution in [3.63, 3.8) is 0 Å². The van der Waals surface area contributed by atoms with Gasteiger partial charge < -0.3 is 15.0 Å². The van der Waals surface area contributed by atoms with E-state index in [2.05, 4.69) is 20.3 Å². The van der Waals surface area contributed by atoms with Crippen LogP contribution in [0.3, 0.4) is 0 Å². The summed E-state index contributed by atoms with van der Waals surface area (Å²) in [5, 5.41) is 3.14. The number of carbonyl (C=O) groups is 1. The average Bonchev–Trinajstić information content (AvgIpc) is 2.64. The zero-order valence-corrected chi connectivity index (χ0v) is 14.6. The molecule has 7 nitrogen and oxygen atoms in total. The molecule has 1 saturated heterocycles. The normalized spacial score (nSPS) is 15.2. The second-order valence-corrected chi connectivity index (χ2v) is 6.24. The van der Waals surface area contributed by atoms with Crippen molar-refractivity contribution in [1.29, 1.82) is 0 Å². The number of nitrogens with one attached hydrogen (secondary N) is 1. The van der Waals surface area contributed by atoms with Gasteiger partial charge in [0.15, 0.2) is 0 Å². The fourth-order valence-corrected chi connectivity index (χ4v) is 2.96. The molecule has 0 spiro atoms. The zero-order valence-electron chi connectivity index (χ0n) is 14.6. The quantitative estimate of drug-likeness (QED) is 0.899. The van der Waals surface area contributed by atoms with Gasteiger partial charge in [-0.1, -0.05) is 6.07 Å². The van der Waals surface area contributed by atoms with Gasteiger partial charge in [0, 0.05) is 44.2 Å². The summed E-state index contributed by atoms with van der Waals surface area (Å²) in [5.74, 6) is 1.66. The number of aromatic nitrogens is 3. The molecule has 0 saturated carbocycles. The van der Waals surface area contributed by atoms with Crippen molar-refractivity contribution in [3.8, 4) is 0 Å². The molecular formula is C18H23N5O2. The minimum absolute atomic E-state index is 0.0523. The Balaban J connectivity index is 1.62. The van der Waals surface area contributed by atoms with E-state index in [1.54, 1.807) is 19.5 Å². The van der Waals surface area contributed by atoms with Crippen LogP contribution in [-0.2, 0) is 9.53 Å². The molecule has 2 aromatic heterocycles. The molecule has 0 atom stereocenters. The summed E-state index contributed by atoms with van der Waals surface area (Å²) in [7, 11) is 1.54. The number of hydrogen-bond donors (Lipinski definition) is 1. The number of rotatable bonds is 5. The van der Waals surface area contributed by atoms with Crippen LogP contribution < -0.4 is 5.32 Å². The second-order valence-electron chi connectivity index (χ2n) is 6.24. The fraction of sp³-hybridized carbons (Fsp3) is 0.444. The third-order valence-corrected chi connectivity index (χ3v) is 4.36. The minimum atomic E-state index is 0.0523. The lowest BCUT2D eigenvalue weighted by Gasteiger charge is -2.31. The lowest BCUT2D eigenvalue weighted by molar-refractivity contribution is -0.136. The van der Waals surface area contributed by atoms with E-state index in [0.717, 1.165) is 43.0 Å². The van der Waals surface area contributed by atoms with Crippen LogP contribution >= 0.6 is 0 Å². The minimum Gasteiger partial charge on any atom is -0.375 e. The largest absolute Gasteiger partial charge is 0.375 e. The first kappa shape index (κ1) is 17.3. The summed E-state index contributed by atoms with van der Waals surface area (Å²) >= 11 is 0. The Bertz CT molecular complexity index is 712. The van der Waals surface area contributed by atoms with Crippen LogP contribution in [0.4, 0.5) is 11.8 Å². The Hall–Kier alpha value is -2.54. The van der Waals surface area contributed by atoms with Crippen LogP contribution in [-0.4, -0.2) is 52.6 Å². The summed E-state index contributed by atoms with van der Waals surface area (Å²) in [6, 6.07) is 5.85. The van der Waals surface area contributed by atoms with Crippen molar-refractivity contribution in [2.75, 3.05) is 32.1 Å². The van der Waals surface area contributed by atoms with Gasteiger partial charge >= 0.3 is 0 Å². The number of ether oxygens (including phenoxy) is 1. The first-order valence-electron chi connectivity index (χ1n) is 8.45. The smallest absolute Gasteiger partial charge is 0.248 e. The predicted octanol–water partition coefficient (Wildman–Crippen LogP) is 2.28. The van der Waals surface area contributed by atoms with Crippen LogP contribution in [0.2, 0.25) is 0 Å². The SMILES string of the molecule is COCC(=O)N1CCC(c2ccnc(Nc3ccc(C)cn3)n2)CC1. The Morgan fingerprint density at radius 3 is 2.76 bits per heavy atom. The Morgan fingerprint density at radius 1 is 1.28 bits per heavy atom. The lowest BCUT2D eigenvalue weighted by Crippen LogP contribution is -2.39. The maximum absolute atomic E-state index is 11.9. The van der Waals surface area contributed by atoms with Crippen LogP contribution in [0.1, 0.15) is 30.0 Å². The van der Waals surface area contributed by atoms with Crippen LogP contribution in [0.5, 0.6) is 0 Å². The third kappa shape index (κ3) is 4.51. The summed E-state index contributed by atoms with van der Waals surface area (Å²) in [6.07, 6.45) is 5.36. The molecule has 0 radical (unpaired) electrons.